The second-order valence-electron chi connectivity index (χ2n) is 5.70. The molecule has 128 valence electrons. The number of unbranched alkanes of at least 4 members (excludes halogenated alkanes) is 2. The first-order valence-electron chi connectivity index (χ1n) is 8.41. The summed E-state index contributed by atoms with van der Waals surface area (Å²) >= 11 is 0. The number of hydrogen-bond donors (Lipinski definition) is 2. The van der Waals surface area contributed by atoms with Gasteiger partial charge in [-0.3, -0.25) is 4.79 Å². The number of benzene rings is 1. The minimum atomic E-state index is -0.231. The zero-order valence-corrected chi connectivity index (χ0v) is 14.0. The van der Waals surface area contributed by atoms with Gasteiger partial charge in [-0.2, -0.15) is 0 Å². The normalized spacial score (nSPS) is 10.4. The molecule has 0 aliphatic carbocycles. The summed E-state index contributed by atoms with van der Waals surface area (Å²) in [6.07, 6.45) is 5.63. The van der Waals surface area contributed by atoms with Crippen LogP contribution in [0.2, 0.25) is 0 Å². The van der Waals surface area contributed by atoms with Crippen molar-refractivity contribution in [3.63, 3.8) is 0 Å². The van der Waals surface area contributed by atoms with Gasteiger partial charge in [0.25, 0.3) is 5.91 Å². The Morgan fingerprint density at radius 1 is 1.12 bits per heavy atom. The standard InChI is InChI=1S/C19H24FN3O/c1-2-3-4-11-23-19(24)16-10-13-22-18(14-16)21-12-9-15-5-7-17(20)8-6-15/h5-8,10,13-14H,2-4,9,11-12H2,1H3,(H,21,22)(H,23,24). The second-order valence-corrected chi connectivity index (χ2v) is 5.70. The molecule has 0 bridgehead atoms. The molecule has 1 amide bonds. The Kier molecular flexibility index (Phi) is 7.21. The van der Waals surface area contributed by atoms with Gasteiger partial charge in [0.1, 0.15) is 11.6 Å². The Bertz CT molecular complexity index is 643. The van der Waals surface area contributed by atoms with Gasteiger partial charge in [0.15, 0.2) is 0 Å². The molecule has 1 aromatic heterocycles. The highest BCUT2D eigenvalue weighted by atomic mass is 19.1. The maximum atomic E-state index is 12.9. The van der Waals surface area contributed by atoms with E-state index in [0.29, 0.717) is 24.5 Å². The lowest BCUT2D eigenvalue weighted by Gasteiger charge is -2.08. The van der Waals surface area contributed by atoms with E-state index in [1.54, 1.807) is 30.5 Å². The van der Waals surface area contributed by atoms with Crippen LogP contribution < -0.4 is 10.6 Å². The Morgan fingerprint density at radius 2 is 1.92 bits per heavy atom. The molecule has 0 aliphatic heterocycles. The van der Waals surface area contributed by atoms with Crippen molar-refractivity contribution in [2.45, 2.75) is 32.6 Å². The summed E-state index contributed by atoms with van der Waals surface area (Å²) < 4.78 is 12.9. The van der Waals surface area contributed by atoms with Crippen LogP contribution in [0.25, 0.3) is 0 Å². The van der Waals surface area contributed by atoms with Gasteiger partial charge in [-0.15, -0.1) is 0 Å². The third-order valence-corrected chi connectivity index (χ3v) is 3.72. The summed E-state index contributed by atoms with van der Waals surface area (Å²) in [5.74, 6) is 0.361. The topological polar surface area (TPSA) is 54.0 Å². The first kappa shape index (κ1) is 17.9. The van der Waals surface area contributed by atoms with E-state index in [0.717, 1.165) is 31.2 Å². The highest BCUT2D eigenvalue weighted by Crippen LogP contribution is 2.08. The average Bonchev–Trinajstić information content (AvgIpc) is 2.60. The SMILES string of the molecule is CCCCCNC(=O)c1ccnc(NCCc2ccc(F)cc2)c1. The number of aromatic nitrogens is 1. The van der Waals surface area contributed by atoms with Crippen LogP contribution in [0.5, 0.6) is 0 Å². The van der Waals surface area contributed by atoms with Gasteiger partial charge in [0, 0.05) is 24.8 Å². The molecule has 1 aromatic carbocycles. The van der Waals surface area contributed by atoms with Crippen molar-refractivity contribution in [3.8, 4) is 0 Å². The van der Waals surface area contributed by atoms with Gasteiger partial charge in [0.05, 0.1) is 0 Å². The summed E-state index contributed by atoms with van der Waals surface area (Å²) in [7, 11) is 0. The summed E-state index contributed by atoms with van der Waals surface area (Å²) in [6.45, 7) is 3.50. The third kappa shape index (κ3) is 5.99. The van der Waals surface area contributed by atoms with E-state index < -0.39 is 0 Å². The molecule has 1 heterocycles. The monoisotopic (exact) mass is 329 g/mol. The van der Waals surface area contributed by atoms with Crippen LogP contribution >= 0.6 is 0 Å². The predicted molar refractivity (Wildman–Crippen MR) is 94.7 cm³/mol. The molecule has 0 radical (unpaired) electrons. The first-order valence-corrected chi connectivity index (χ1v) is 8.41. The highest BCUT2D eigenvalue weighted by molar-refractivity contribution is 5.94. The van der Waals surface area contributed by atoms with Crippen molar-refractivity contribution >= 4 is 11.7 Å². The Morgan fingerprint density at radius 3 is 2.67 bits per heavy atom. The quantitative estimate of drug-likeness (QED) is 0.688. The van der Waals surface area contributed by atoms with Crippen molar-refractivity contribution in [1.29, 1.82) is 0 Å². The van der Waals surface area contributed by atoms with Crippen LogP contribution in [0.4, 0.5) is 10.2 Å². The minimum absolute atomic E-state index is 0.0740. The van der Waals surface area contributed by atoms with Gasteiger partial charge < -0.3 is 10.6 Å². The number of anilines is 1. The van der Waals surface area contributed by atoms with Crippen molar-refractivity contribution < 1.29 is 9.18 Å². The maximum absolute atomic E-state index is 12.9. The molecule has 0 saturated heterocycles. The average molecular weight is 329 g/mol. The molecule has 0 aliphatic rings. The van der Waals surface area contributed by atoms with Crippen molar-refractivity contribution in [1.82, 2.24) is 10.3 Å². The summed E-state index contributed by atoms with van der Waals surface area (Å²) in [6, 6.07) is 9.91. The number of carbonyl (C=O) groups excluding carboxylic acids is 1. The van der Waals surface area contributed by atoms with Gasteiger partial charge in [0.2, 0.25) is 0 Å². The Hall–Kier alpha value is -2.43. The second kappa shape index (κ2) is 9.65. The Labute approximate surface area is 142 Å². The molecular formula is C19H24FN3O. The molecule has 24 heavy (non-hydrogen) atoms. The minimum Gasteiger partial charge on any atom is -0.370 e. The van der Waals surface area contributed by atoms with Crippen LogP contribution in [0, 0.1) is 5.82 Å². The highest BCUT2D eigenvalue weighted by Gasteiger charge is 2.06. The Balaban J connectivity index is 1.81. The molecule has 2 aromatic rings. The summed E-state index contributed by atoms with van der Waals surface area (Å²) in [4.78, 5) is 16.3. The van der Waals surface area contributed by atoms with Gasteiger partial charge >= 0.3 is 0 Å². The van der Waals surface area contributed by atoms with Crippen LogP contribution in [0.1, 0.15) is 42.1 Å². The van der Waals surface area contributed by atoms with E-state index in [1.165, 1.54) is 12.1 Å². The largest absolute Gasteiger partial charge is 0.370 e. The number of pyridine rings is 1. The summed E-state index contributed by atoms with van der Waals surface area (Å²) in [5, 5.41) is 6.11. The molecule has 0 atom stereocenters. The van der Waals surface area contributed by atoms with Crippen LogP contribution in [-0.4, -0.2) is 24.0 Å². The third-order valence-electron chi connectivity index (χ3n) is 3.72. The zero-order chi connectivity index (χ0) is 17.2. The van der Waals surface area contributed by atoms with Crippen LogP contribution in [0.3, 0.4) is 0 Å². The number of nitrogens with zero attached hydrogens (tertiary/aromatic N) is 1. The first-order chi connectivity index (χ1) is 11.7. The smallest absolute Gasteiger partial charge is 0.251 e. The fourth-order valence-electron chi connectivity index (χ4n) is 2.33. The van der Waals surface area contributed by atoms with Crippen molar-refractivity contribution in [2.75, 3.05) is 18.4 Å². The fourth-order valence-corrected chi connectivity index (χ4v) is 2.33. The van der Waals surface area contributed by atoms with E-state index >= 15 is 0 Å². The van der Waals surface area contributed by atoms with E-state index in [-0.39, 0.29) is 11.7 Å². The van der Waals surface area contributed by atoms with E-state index in [4.69, 9.17) is 0 Å². The molecule has 5 heteroatoms. The number of rotatable bonds is 9. The van der Waals surface area contributed by atoms with Gasteiger partial charge in [-0.1, -0.05) is 31.9 Å². The van der Waals surface area contributed by atoms with E-state index in [2.05, 4.69) is 22.5 Å². The van der Waals surface area contributed by atoms with Crippen molar-refractivity contribution in [3.05, 3.63) is 59.5 Å². The van der Waals surface area contributed by atoms with Crippen LogP contribution in [0.15, 0.2) is 42.6 Å². The number of nitrogens with one attached hydrogen (secondary N) is 2. The zero-order valence-electron chi connectivity index (χ0n) is 14.0. The molecular weight excluding hydrogens is 305 g/mol. The lowest BCUT2D eigenvalue weighted by atomic mass is 10.1. The predicted octanol–water partition coefficient (Wildman–Crippen LogP) is 3.80. The van der Waals surface area contributed by atoms with E-state index in [1.807, 2.05) is 0 Å². The van der Waals surface area contributed by atoms with Gasteiger partial charge in [-0.05, 0) is 42.7 Å². The molecule has 4 nitrogen and oxygen atoms in total. The van der Waals surface area contributed by atoms with Crippen molar-refractivity contribution in [2.24, 2.45) is 0 Å². The van der Waals surface area contributed by atoms with Gasteiger partial charge in [-0.25, -0.2) is 9.37 Å². The lowest BCUT2D eigenvalue weighted by molar-refractivity contribution is 0.0953. The summed E-state index contributed by atoms with van der Waals surface area (Å²) in [5.41, 5.74) is 1.65. The number of halogens is 1. The molecule has 2 rings (SSSR count). The number of amides is 1. The molecule has 0 saturated carbocycles. The molecule has 0 spiro atoms. The lowest BCUT2D eigenvalue weighted by Crippen LogP contribution is -2.24. The maximum Gasteiger partial charge on any atom is 0.251 e. The molecule has 0 unspecified atom stereocenters. The number of carbonyl (C=O) groups is 1. The fraction of sp³-hybridized carbons (Fsp3) is 0.368. The molecule has 0 fully saturated rings. The number of hydrogen-bond acceptors (Lipinski definition) is 3. The molecule has 2 N–H and O–H groups in total. The van der Waals surface area contributed by atoms with Crippen LogP contribution in [-0.2, 0) is 6.42 Å². The van der Waals surface area contributed by atoms with E-state index in [9.17, 15) is 9.18 Å².